The van der Waals surface area contributed by atoms with Gasteiger partial charge in [-0.3, -0.25) is 4.72 Å². The monoisotopic (exact) mass is 391 g/mol. The van der Waals surface area contributed by atoms with Crippen molar-refractivity contribution in [1.82, 2.24) is 9.97 Å². The number of hydrogen-bond acceptors (Lipinski definition) is 5. The molecule has 0 saturated heterocycles. The maximum Gasteiger partial charge on any atom is 0.337 e. The maximum absolute atomic E-state index is 12.1. The van der Waals surface area contributed by atoms with Crippen molar-refractivity contribution in [2.75, 3.05) is 4.72 Å². The van der Waals surface area contributed by atoms with E-state index in [4.69, 9.17) is 16.7 Å². The topological polar surface area (TPSA) is 109 Å². The van der Waals surface area contributed by atoms with E-state index in [9.17, 15) is 13.2 Å². The largest absolute Gasteiger partial charge is 0.478 e. The predicted molar refractivity (Wildman–Crippen MR) is 79.0 cm³/mol. The Morgan fingerprint density at radius 2 is 2.00 bits per heavy atom. The summed E-state index contributed by atoms with van der Waals surface area (Å²) in [6.45, 7) is 0. The van der Waals surface area contributed by atoms with Crippen LogP contribution in [0, 0.1) is 0 Å². The number of pyridine rings is 2. The molecule has 0 amide bonds. The first-order valence-electron chi connectivity index (χ1n) is 5.33. The van der Waals surface area contributed by atoms with Gasteiger partial charge in [0.1, 0.15) is 0 Å². The van der Waals surface area contributed by atoms with Crippen molar-refractivity contribution >= 4 is 49.2 Å². The van der Waals surface area contributed by atoms with E-state index in [-0.39, 0.29) is 21.4 Å². The molecule has 2 rings (SSSR count). The van der Waals surface area contributed by atoms with Crippen LogP contribution in [-0.2, 0) is 10.0 Å². The Kier molecular flexibility index (Phi) is 4.45. The molecule has 0 aliphatic rings. The maximum atomic E-state index is 12.1. The van der Waals surface area contributed by atoms with Gasteiger partial charge in [0.15, 0.2) is 10.2 Å². The minimum Gasteiger partial charge on any atom is -0.478 e. The fourth-order valence-electron chi connectivity index (χ4n) is 1.36. The molecule has 0 fully saturated rings. The molecule has 0 saturated carbocycles. The quantitative estimate of drug-likeness (QED) is 0.773. The highest BCUT2D eigenvalue weighted by Gasteiger charge is 2.18. The summed E-state index contributed by atoms with van der Waals surface area (Å²) >= 11 is 8.95. The molecular weight excluding hydrogens is 386 g/mol. The first-order valence-corrected chi connectivity index (χ1v) is 7.98. The molecule has 0 radical (unpaired) electrons. The summed E-state index contributed by atoms with van der Waals surface area (Å²) in [6, 6.07) is 3.67. The van der Waals surface area contributed by atoms with Crippen LogP contribution in [0.1, 0.15) is 10.4 Å². The van der Waals surface area contributed by atoms with E-state index in [0.29, 0.717) is 4.47 Å². The zero-order valence-corrected chi connectivity index (χ0v) is 13.3. The Balaban J connectivity index is 2.34. The van der Waals surface area contributed by atoms with Crippen molar-refractivity contribution in [3.05, 3.63) is 45.8 Å². The minimum absolute atomic E-state index is 0.0241. The van der Waals surface area contributed by atoms with Crippen LogP contribution in [0.15, 0.2) is 40.1 Å². The number of anilines is 1. The third-order valence-electron chi connectivity index (χ3n) is 2.31. The molecule has 0 unspecified atom stereocenters. The summed E-state index contributed by atoms with van der Waals surface area (Å²) in [7, 11) is -3.99. The number of carboxylic acid groups (broad SMARTS) is 1. The molecule has 110 valence electrons. The Bertz CT molecular complexity index is 796. The van der Waals surface area contributed by atoms with Gasteiger partial charge in [0.25, 0.3) is 10.0 Å². The van der Waals surface area contributed by atoms with Crippen LogP contribution in [0.5, 0.6) is 0 Å². The van der Waals surface area contributed by atoms with Gasteiger partial charge in [-0.25, -0.2) is 14.8 Å². The molecule has 2 aromatic rings. The average molecular weight is 393 g/mol. The van der Waals surface area contributed by atoms with Crippen molar-refractivity contribution in [2.24, 2.45) is 0 Å². The molecule has 7 nitrogen and oxygen atoms in total. The zero-order valence-electron chi connectivity index (χ0n) is 10.1. The van der Waals surface area contributed by atoms with Crippen LogP contribution >= 0.6 is 27.5 Å². The van der Waals surface area contributed by atoms with E-state index in [2.05, 4.69) is 30.6 Å². The van der Waals surface area contributed by atoms with E-state index in [1.807, 2.05) is 0 Å². The van der Waals surface area contributed by atoms with E-state index < -0.39 is 16.0 Å². The number of hydrogen-bond donors (Lipinski definition) is 2. The average Bonchev–Trinajstić information content (AvgIpc) is 2.43. The molecule has 0 bridgehead atoms. The van der Waals surface area contributed by atoms with Gasteiger partial charge < -0.3 is 5.11 Å². The molecule has 21 heavy (non-hydrogen) atoms. The summed E-state index contributed by atoms with van der Waals surface area (Å²) in [5.41, 5.74) is -0.0359. The lowest BCUT2D eigenvalue weighted by molar-refractivity contribution is 0.0696. The number of rotatable bonds is 4. The fourth-order valence-corrected chi connectivity index (χ4v) is 2.88. The highest BCUT2D eigenvalue weighted by Crippen LogP contribution is 2.25. The van der Waals surface area contributed by atoms with E-state index in [1.54, 1.807) is 0 Å². The van der Waals surface area contributed by atoms with Crippen LogP contribution in [0.25, 0.3) is 0 Å². The third kappa shape index (κ3) is 3.69. The molecular formula is C11H7BrClN3O4S. The number of nitrogens with zero attached hydrogens (tertiary/aromatic N) is 2. The fraction of sp³-hybridized carbons (Fsp3) is 0. The Hall–Kier alpha value is -1.71. The standard InChI is InChI=1S/C11H7BrClN3O4S/c12-7-3-8(10(13)15-5-7)16-21(19,20)9-2-1-6(4-14-9)11(17)18/h1-5,16H,(H,17,18). The molecule has 0 spiro atoms. The number of sulfonamides is 1. The smallest absolute Gasteiger partial charge is 0.337 e. The van der Waals surface area contributed by atoms with Gasteiger partial charge >= 0.3 is 5.97 Å². The second kappa shape index (κ2) is 5.96. The van der Waals surface area contributed by atoms with Gasteiger partial charge in [-0.15, -0.1) is 0 Å². The second-order valence-electron chi connectivity index (χ2n) is 3.79. The van der Waals surface area contributed by atoms with E-state index in [1.165, 1.54) is 12.3 Å². The van der Waals surface area contributed by atoms with Gasteiger partial charge in [-0.1, -0.05) is 11.6 Å². The van der Waals surface area contributed by atoms with E-state index in [0.717, 1.165) is 18.3 Å². The highest BCUT2D eigenvalue weighted by atomic mass is 79.9. The van der Waals surface area contributed by atoms with Crippen LogP contribution in [-0.4, -0.2) is 29.5 Å². The number of carbonyl (C=O) groups is 1. The Labute approximate surface area is 133 Å². The first kappa shape index (κ1) is 15.7. The molecule has 0 aliphatic heterocycles. The SMILES string of the molecule is O=C(O)c1ccc(S(=O)(=O)Nc2cc(Br)cnc2Cl)nc1. The van der Waals surface area contributed by atoms with Crippen LogP contribution in [0.2, 0.25) is 5.15 Å². The predicted octanol–water partition coefficient (Wildman–Crippen LogP) is 2.39. The number of aromatic carboxylic acids is 1. The second-order valence-corrected chi connectivity index (χ2v) is 6.69. The van der Waals surface area contributed by atoms with Gasteiger partial charge in [-0.2, -0.15) is 8.42 Å². The van der Waals surface area contributed by atoms with Crippen LogP contribution in [0.3, 0.4) is 0 Å². The highest BCUT2D eigenvalue weighted by molar-refractivity contribution is 9.10. The Morgan fingerprint density at radius 3 is 2.57 bits per heavy atom. The van der Waals surface area contributed by atoms with Gasteiger partial charge in [0.05, 0.1) is 11.3 Å². The molecule has 2 aromatic heterocycles. The molecule has 0 aromatic carbocycles. The van der Waals surface area contributed by atoms with Crippen molar-refractivity contribution in [1.29, 1.82) is 0 Å². The van der Waals surface area contributed by atoms with Crippen molar-refractivity contribution in [3.8, 4) is 0 Å². The van der Waals surface area contributed by atoms with Crippen LogP contribution in [0.4, 0.5) is 5.69 Å². The Morgan fingerprint density at radius 1 is 1.29 bits per heavy atom. The van der Waals surface area contributed by atoms with Crippen LogP contribution < -0.4 is 4.72 Å². The molecule has 10 heteroatoms. The normalized spacial score (nSPS) is 11.1. The molecule has 2 N–H and O–H groups in total. The number of nitrogens with one attached hydrogen (secondary N) is 1. The summed E-state index contributed by atoms with van der Waals surface area (Å²) in [5, 5.41) is 8.39. The summed E-state index contributed by atoms with van der Waals surface area (Å²) in [6.07, 6.45) is 2.37. The van der Waals surface area contributed by atoms with Gasteiger partial charge in [-0.05, 0) is 34.1 Å². The first-order chi connectivity index (χ1) is 9.79. The van der Waals surface area contributed by atoms with Gasteiger partial charge in [0, 0.05) is 16.9 Å². The number of aromatic nitrogens is 2. The molecule has 2 heterocycles. The summed E-state index contributed by atoms with van der Waals surface area (Å²) in [4.78, 5) is 18.1. The lowest BCUT2D eigenvalue weighted by atomic mass is 10.3. The zero-order chi connectivity index (χ0) is 15.6. The minimum atomic E-state index is -3.99. The van der Waals surface area contributed by atoms with Crippen molar-refractivity contribution in [3.63, 3.8) is 0 Å². The lowest BCUT2D eigenvalue weighted by Gasteiger charge is -2.08. The summed E-state index contributed by atoms with van der Waals surface area (Å²) in [5.74, 6) is -1.20. The summed E-state index contributed by atoms with van der Waals surface area (Å²) < 4.78 is 27.0. The number of carboxylic acids is 1. The molecule has 0 atom stereocenters. The van der Waals surface area contributed by atoms with E-state index >= 15 is 0 Å². The van der Waals surface area contributed by atoms with Crippen molar-refractivity contribution < 1.29 is 18.3 Å². The number of halogens is 2. The van der Waals surface area contributed by atoms with Crippen molar-refractivity contribution in [2.45, 2.75) is 5.03 Å². The lowest BCUT2D eigenvalue weighted by Crippen LogP contribution is -2.15. The third-order valence-corrected chi connectivity index (χ3v) is 4.32. The van der Waals surface area contributed by atoms with Gasteiger partial charge in [0.2, 0.25) is 0 Å². The molecule has 0 aliphatic carbocycles.